The van der Waals surface area contributed by atoms with Crippen LogP contribution in [-0.4, -0.2) is 23.6 Å². The van der Waals surface area contributed by atoms with E-state index in [1.807, 2.05) is 47.4 Å². The molecule has 0 bridgehead atoms. The molecule has 0 unspecified atom stereocenters. The molecule has 1 saturated carbocycles. The molecule has 0 saturated heterocycles. The summed E-state index contributed by atoms with van der Waals surface area (Å²) in [4.78, 5) is 15.1. The van der Waals surface area contributed by atoms with Crippen LogP contribution in [0, 0.1) is 0 Å². The van der Waals surface area contributed by atoms with E-state index in [4.69, 9.17) is 21.1 Å². The first-order valence-electron chi connectivity index (χ1n) is 9.12. The lowest BCUT2D eigenvalue weighted by molar-refractivity contribution is -0.133. The molecule has 1 fully saturated rings. The fourth-order valence-corrected chi connectivity index (χ4v) is 3.98. The van der Waals surface area contributed by atoms with Crippen molar-refractivity contribution >= 4 is 17.5 Å². The van der Waals surface area contributed by atoms with Crippen molar-refractivity contribution in [2.24, 2.45) is 0 Å². The van der Waals surface area contributed by atoms with Gasteiger partial charge >= 0.3 is 0 Å². The number of nitrogens with zero attached hydrogens (tertiary/aromatic N) is 1. The third-order valence-electron chi connectivity index (χ3n) is 5.18. The SMILES string of the molecule is O=C(Cc1ccccc1Cl)N(Cc1ccc2c(c1)OCO2)C1CCCC1. The molecule has 4 nitrogen and oxygen atoms in total. The Bertz CT molecular complexity index is 802. The second-order valence-electron chi connectivity index (χ2n) is 6.92. The van der Waals surface area contributed by atoms with E-state index in [0.717, 1.165) is 35.5 Å². The molecule has 1 amide bonds. The highest BCUT2D eigenvalue weighted by molar-refractivity contribution is 6.31. The van der Waals surface area contributed by atoms with Crippen LogP contribution in [0.15, 0.2) is 42.5 Å². The van der Waals surface area contributed by atoms with Crippen LogP contribution in [0.4, 0.5) is 0 Å². The second kappa shape index (κ2) is 7.58. The fourth-order valence-electron chi connectivity index (χ4n) is 3.78. The molecular formula is C21H22ClNO3. The summed E-state index contributed by atoms with van der Waals surface area (Å²) >= 11 is 6.26. The number of hydrogen-bond acceptors (Lipinski definition) is 3. The Kier molecular flexibility index (Phi) is 5.02. The van der Waals surface area contributed by atoms with Crippen LogP contribution in [0.3, 0.4) is 0 Å². The first-order valence-corrected chi connectivity index (χ1v) is 9.50. The number of ether oxygens (including phenoxy) is 2. The highest BCUT2D eigenvalue weighted by atomic mass is 35.5. The van der Waals surface area contributed by atoms with Crippen molar-refractivity contribution in [3.63, 3.8) is 0 Å². The van der Waals surface area contributed by atoms with Crippen molar-refractivity contribution < 1.29 is 14.3 Å². The van der Waals surface area contributed by atoms with E-state index in [1.165, 1.54) is 12.8 Å². The van der Waals surface area contributed by atoms with Crippen LogP contribution in [0.1, 0.15) is 36.8 Å². The molecule has 1 aliphatic heterocycles. The summed E-state index contributed by atoms with van der Waals surface area (Å²) in [5.41, 5.74) is 1.95. The minimum Gasteiger partial charge on any atom is -0.454 e. The number of fused-ring (bicyclic) bond motifs is 1. The van der Waals surface area contributed by atoms with Crippen LogP contribution in [-0.2, 0) is 17.8 Å². The maximum atomic E-state index is 13.1. The quantitative estimate of drug-likeness (QED) is 0.772. The predicted octanol–water partition coefficient (Wildman–Crippen LogP) is 4.58. The molecular weight excluding hydrogens is 350 g/mol. The number of halogens is 1. The molecule has 0 aromatic heterocycles. The summed E-state index contributed by atoms with van der Waals surface area (Å²) in [6, 6.07) is 13.8. The van der Waals surface area contributed by atoms with Crippen molar-refractivity contribution in [3.05, 3.63) is 58.6 Å². The molecule has 26 heavy (non-hydrogen) atoms. The lowest BCUT2D eigenvalue weighted by Crippen LogP contribution is -2.39. The Morgan fingerprint density at radius 1 is 1.08 bits per heavy atom. The summed E-state index contributed by atoms with van der Waals surface area (Å²) in [6.45, 7) is 0.848. The van der Waals surface area contributed by atoms with E-state index in [0.29, 0.717) is 24.0 Å². The third kappa shape index (κ3) is 3.65. The average molecular weight is 372 g/mol. The number of benzene rings is 2. The number of carbonyl (C=O) groups excluding carboxylic acids is 1. The van der Waals surface area contributed by atoms with Crippen molar-refractivity contribution in [2.45, 2.75) is 44.7 Å². The predicted molar refractivity (Wildman–Crippen MR) is 101 cm³/mol. The topological polar surface area (TPSA) is 38.8 Å². The summed E-state index contributed by atoms with van der Waals surface area (Å²) in [7, 11) is 0. The van der Waals surface area contributed by atoms with Gasteiger partial charge < -0.3 is 14.4 Å². The first kappa shape index (κ1) is 17.2. The van der Waals surface area contributed by atoms with Crippen LogP contribution in [0.2, 0.25) is 5.02 Å². The summed E-state index contributed by atoms with van der Waals surface area (Å²) < 4.78 is 10.9. The van der Waals surface area contributed by atoms with Gasteiger partial charge in [-0.2, -0.15) is 0 Å². The highest BCUT2D eigenvalue weighted by Gasteiger charge is 2.27. The molecule has 2 aromatic rings. The van der Waals surface area contributed by atoms with E-state index in [1.54, 1.807) is 0 Å². The fraction of sp³-hybridized carbons (Fsp3) is 0.381. The molecule has 2 aliphatic rings. The Hall–Kier alpha value is -2.20. The zero-order chi connectivity index (χ0) is 17.9. The number of carbonyl (C=O) groups is 1. The van der Waals surface area contributed by atoms with E-state index in [9.17, 15) is 4.79 Å². The molecule has 136 valence electrons. The molecule has 4 rings (SSSR count). The van der Waals surface area contributed by atoms with Gasteiger partial charge in [-0.1, -0.05) is 48.7 Å². The minimum atomic E-state index is 0.127. The smallest absolute Gasteiger partial charge is 0.231 e. The van der Waals surface area contributed by atoms with Gasteiger partial charge in [0.2, 0.25) is 12.7 Å². The molecule has 1 aliphatic carbocycles. The largest absolute Gasteiger partial charge is 0.454 e. The van der Waals surface area contributed by atoms with Gasteiger partial charge in [0.1, 0.15) is 0 Å². The van der Waals surface area contributed by atoms with Crippen molar-refractivity contribution in [2.75, 3.05) is 6.79 Å². The third-order valence-corrected chi connectivity index (χ3v) is 5.54. The molecule has 0 spiro atoms. The van der Waals surface area contributed by atoms with Gasteiger partial charge in [-0.25, -0.2) is 0 Å². The maximum Gasteiger partial charge on any atom is 0.231 e. The normalized spacial score (nSPS) is 16.0. The van der Waals surface area contributed by atoms with Gasteiger partial charge in [-0.15, -0.1) is 0 Å². The van der Waals surface area contributed by atoms with Gasteiger partial charge in [0.15, 0.2) is 11.5 Å². The Morgan fingerprint density at radius 2 is 1.85 bits per heavy atom. The van der Waals surface area contributed by atoms with Gasteiger partial charge in [-0.05, 0) is 42.2 Å². The molecule has 2 aromatic carbocycles. The zero-order valence-corrected chi connectivity index (χ0v) is 15.4. The van der Waals surface area contributed by atoms with Gasteiger partial charge in [0.25, 0.3) is 0 Å². The monoisotopic (exact) mass is 371 g/mol. The molecule has 0 radical (unpaired) electrons. The van der Waals surface area contributed by atoms with Crippen LogP contribution >= 0.6 is 11.6 Å². The highest BCUT2D eigenvalue weighted by Crippen LogP contribution is 2.34. The van der Waals surface area contributed by atoms with E-state index in [2.05, 4.69) is 0 Å². The Balaban J connectivity index is 1.54. The number of rotatable bonds is 5. The summed E-state index contributed by atoms with van der Waals surface area (Å²) in [6.07, 6.45) is 4.84. The minimum absolute atomic E-state index is 0.127. The molecule has 1 heterocycles. The van der Waals surface area contributed by atoms with Crippen molar-refractivity contribution in [1.29, 1.82) is 0 Å². The van der Waals surface area contributed by atoms with Crippen molar-refractivity contribution in [1.82, 2.24) is 4.90 Å². The van der Waals surface area contributed by atoms with Crippen LogP contribution in [0.5, 0.6) is 11.5 Å². The average Bonchev–Trinajstić information content (AvgIpc) is 3.32. The Morgan fingerprint density at radius 3 is 2.65 bits per heavy atom. The van der Waals surface area contributed by atoms with E-state index < -0.39 is 0 Å². The van der Waals surface area contributed by atoms with E-state index in [-0.39, 0.29) is 12.7 Å². The zero-order valence-electron chi connectivity index (χ0n) is 14.6. The maximum absolute atomic E-state index is 13.1. The molecule has 0 N–H and O–H groups in total. The molecule has 5 heteroatoms. The summed E-state index contributed by atoms with van der Waals surface area (Å²) in [5, 5.41) is 0.648. The lowest BCUT2D eigenvalue weighted by atomic mass is 10.1. The lowest BCUT2D eigenvalue weighted by Gasteiger charge is -2.29. The van der Waals surface area contributed by atoms with Crippen LogP contribution < -0.4 is 9.47 Å². The number of hydrogen-bond donors (Lipinski definition) is 0. The van der Waals surface area contributed by atoms with Crippen LogP contribution in [0.25, 0.3) is 0 Å². The van der Waals surface area contributed by atoms with Gasteiger partial charge in [0, 0.05) is 17.6 Å². The number of amides is 1. The van der Waals surface area contributed by atoms with Crippen molar-refractivity contribution in [3.8, 4) is 11.5 Å². The summed E-state index contributed by atoms with van der Waals surface area (Å²) in [5.74, 6) is 1.65. The first-order chi connectivity index (χ1) is 12.7. The van der Waals surface area contributed by atoms with Gasteiger partial charge in [-0.3, -0.25) is 4.79 Å². The van der Waals surface area contributed by atoms with E-state index >= 15 is 0 Å². The molecule has 0 atom stereocenters. The van der Waals surface area contributed by atoms with Gasteiger partial charge in [0.05, 0.1) is 6.42 Å². The standard InChI is InChI=1S/C21H22ClNO3/c22-18-8-4-1-5-16(18)12-21(24)23(17-6-2-3-7-17)13-15-9-10-19-20(11-15)26-14-25-19/h1,4-5,8-11,17H,2-3,6-7,12-14H2. The second-order valence-corrected chi connectivity index (χ2v) is 7.32. The Labute approximate surface area is 158 Å².